The van der Waals surface area contributed by atoms with Crippen molar-refractivity contribution in [3.8, 4) is 11.5 Å². The van der Waals surface area contributed by atoms with Crippen LogP contribution in [0.15, 0.2) is 48.0 Å². The summed E-state index contributed by atoms with van der Waals surface area (Å²) in [7, 11) is 5.54. The van der Waals surface area contributed by atoms with Crippen molar-refractivity contribution >= 4 is 17.4 Å². The van der Waals surface area contributed by atoms with E-state index in [1.807, 2.05) is 56.3 Å². The van der Waals surface area contributed by atoms with E-state index in [-0.39, 0.29) is 16.7 Å². The number of rotatable bonds is 9. The average molecular weight is 495 g/mol. The van der Waals surface area contributed by atoms with Crippen molar-refractivity contribution < 1.29 is 24.2 Å². The van der Waals surface area contributed by atoms with Crippen molar-refractivity contribution in [3.05, 3.63) is 64.7 Å². The molecule has 0 radical (unpaired) electrons. The number of hydrogen-bond acceptors (Lipinski definition) is 6. The SMILES string of the molecule is CCOc1ccc(C2/C(=C(/O)c3ccc(OC)c(C(C)(C)C)c3)C(=O)C(=O)N2CCCN(C)C)cc1. The van der Waals surface area contributed by atoms with Gasteiger partial charge < -0.3 is 24.4 Å². The Labute approximate surface area is 214 Å². The van der Waals surface area contributed by atoms with Gasteiger partial charge in [-0.05, 0) is 75.3 Å². The lowest BCUT2D eigenvalue weighted by atomic mass is 9.84. The number of likely N-dealkylation sites (tertiary alicyclic amines) is 1. The van der Waals surface area contributed by atoms with Gasteiger partial charge in [-0.2, -0.15) is 0 Å². The van der Waals surface area contributed by atoms with Gasteiger partial charge in [0.2, 0.25) is 0 Å². The third-order valence-electron chi connectivity index (χ3n) is 6.33. The second kappa shape index (κ2) is 11.2. The van der Waals surface area contributed by atoms with E-state index in [1.165, 1.54) is 0 Å². The Bertz CT molecular complexity index is 1130. The van der Waals surface area contributed by atoms with Crippen molar-refractivity contribution in [2.75, 3.05) is 40.9 Å². The van der Waals surface area contributed by atoms with Gasteiger partial charge in [0.05, 0.1) is 25.3 Å². The first kappa shape index (κ1) is 27.3. The molecule has 1 unspecified atom stereocenters. The van der Waals surface area contributed by atoms with Gasteiger partial charge in [0.25, 0.3) is 11.7 Å². The van der Waals surface area contributed by atoms with Gasteiger partial charge in [0, 0.05) is 17.7 Å². The number of carbonyl (C=O) groups is 2. The molecule has 0 bridgehead atoms. The van der Waals surface area contributed by atoms with Gasteiger partial charge in [0.15, 0.2) is 0 Å². The van der Waals surface area contributed by atoms with Crippen molar-refractivity contribution in [1.82, 2.24) is 9.80 Å². The Morgan fingerprint density at radius 2 is 1.75 bits per heavy atom. The summed E-state index contributed by atoms with van der Waals surface area (Å²) in [5, 5.41) is 11.5. The highest BCUT2D eigenvalue weighted by atomic mass is 16.5. The molecule has 0 aromatic heterocycles. The standard InChI is InChI=1S/C29H38N2O5/c1-8-36-21-13-10-19(11-14-21)25-24(27(33)28(34)31(25)17-9-16-30(5)6)26(32)20-12-15-23(35-7)22(18-20)29(2,3)4/h10-15,18,25,32H,8-9,16-17H2,1-7H3/b26-24-. The topological polar surface area (TPSA) is 79.3 Å². The Morgan fingerprint density at radius 3 is 2.31 bits per heavy atom. The van der Waals surface area contributed by atoms with Gasteiger partial charge in [-0.1, -0.05) is 32.9 Å². The van der Waals surface area contributed by atoms with Gasteiger partial charge in [0.1, 0.15) is 17.3 Å². The normalized spacial score (nSPS) is 17.7. The number of ketones is 1. The fourth-order valence-corrected chi connectivity index (χ4v) is 4.52. The smallest absolute Gasteiger partial charge is 0.295 e. The van der Waals surface area contributed by atoms with Crippen molar-refractivity contribution in [2.45, 2.75) is 45.6 Å². The minimum Gasteiger partial charge on any atom is -0.507 e. The van der Waals surface area contributed by atoms with Gasteiger partial charge in [-0.3, -0.25) is 9.59 Å². The molecule has 7 nitrogen and oxygen atoms in total. The van der Waals surface area contributed by atoms with Crippen molar-refractivity contribution in [1.29, 1.82) is 0 Å². The molecule has 1 aliphatic heterocycles. The summed E-state index contributed by atoms with van der Waals surface area (Å²) in [4.78, 5) is 30.1. The lowest BCUT2D eigenvalue weighted by Gasteiger charge is -2.26. The summed E-state index contributed by atoms with van der Waals surface area (Å²) in [6.07, 6.45) is 0.699. The predicted molar refractivity (Wildman–Crippen MR) is 141 cm³/mol. The minimum atomic E-state index is -0.692. The van der Waals surface area contributed by atoms with Crippen LogP contribution in [-0.2, 0) is 15.0 Å². The zero-order valence-electron chi connectivity index (χ0n) is 22.4. The molecule has 1 fully saturated rings. The average Bonchev–Trinajstić information content (AvgIpc) is 3.08. The van der Waals surface area contributed by atoms with E-state index in [0.29, 0.717) is 36.6 Å². The fraction of sp³-hybridized carbons (Fsp3) is 0.448. The maximum atomic E-state index is 13.3. The third kappa shape index (κ3) is 5.73. The number of Topliss-reactive ketones (excluding diaryl/α,β-unsaturated/α-hetero) is 1. The van der Waals surface area contributed by atoms with Crippen molar-refractivity contribution in [2.24, 2.45) is 0 Å². The Hall–Kier alpha value is -3.32. The summed E-state index contributed by atoms with van der Waals surface area (Å²) >= 11 is 0. The molecular weight excluding hydrogens is 456 g/mol. The number of nitrogens with zero attached hydrogens (tertiary/aromatic N) is 2. The first-order valence-corrected chi connectivity index (χ1v) is 12.3. The quantitative estimate of drug-likeness (QED) is 0.308. The Balaban J connectivity index is 2.14. The van der Waals surface area contributed by atoms with Crippen LogP contribution < -0.4 is 9.47 Å². The lowest BCUT2D eigenvalue weighted by Crippen LogP contribution is -2.32. The molecule has 1 heterocycles. The molecule has 1 atom stereocenters. The van der Waals surface area contributed by atoms with Crippen LogP contribution in [0.4, 0.5) is 0 Å². The van der Waals surface area contributed by atoms with Crippen LogP contribution in [0.5, 0.6) is 11.5 Å². The predicted octanol–water partition coefficient (Wildman–Crippen LogP) is 4.76. The highest BCUT2D eigenvalue weighted by Gasteiger charge is 2.45. The monoisotopic (exact) mass is 494 g/mol. The molecule has 7 heteroatoms. The Kier molecular flexibility index (Phi) is 8.46. The molecule has 1 N–H and O–H groups in total. The number of benzene rings is 2. The molecule has 2 aromatic carbocycles. The van der Waals surface area contributed by atoms with E-state index in [4.69, 9.17) is 9.47 Å². The molecule has 1 saturated heterocycles. The molecule has 0 spiro atoms. The zero-order valence-corrected chi connectivity index (χ0v) is 22.4. The van der Waals surface area contributed by atoms with Crippen LogP contribution >= 0.6 is 0 Å². The summed E-state index contributed by atoms with van der Waals surface area (Å²) < 4.78 is 11.1. The fourth-order valence-electron chi connectivity index (χ4n) is 4.52. The number of amides is 1. The number of aliphatic hydroxyl groups excluding tert-OH is 1. The number of methoxy groups -OCH3 is 1. The van der Waals surface area contributed by atoms with Gasteiger partial charge >= 0.3 is 0 Å². The molecular formula is C29H38N2O5. The van der Waals surface area contributed by atoms with Crippen LogP contribution in [0.25, 0.3) is 5.76 Å². The van der Waals surface area contributed by atoms with Crippen LogP contribution in [0.2, 0.25) is 0 Å². The number of ether oxygens (including phenoxy) is 2. The van der Waals surface area contributed by atoms with E-state index < -0.39 is 17.7 Å². The summed E-state index contributed by atoms with van der Waals surface area (Å²) in [6.45, 7) is 9.78. The molecule has 0 saturated carbocycles. The number of aliphatic hydroxyl groups is 1. The minimum absolute atomic E-state index is 0.0963. The summed E-state index contributed by atoms with van der Waals surface area (Å²) in [5.41, 5.74) is 1.96. The first-order chi connectivity index (χ1) is 17.0. The largest absolute Gasteiger partial charge is 0.507 e. The third-order valence-corrected chi connectivity index (χ3v) is 6.33. The molecule has 2 aromatic rings. The van der Waals surface area contributed by atoms with E-state index >= 15 is 0 Å². The highest BCUT2D eigenvalue weighted by Crippen LogP contribution is 2.41. The van der Waals surface area contributed by atoms with Crippen LogP contribution in [-0.4, -0.2) is 67.5 Å². The summed E-state index contributed by atoms with van der Waals surface area (Å²) in [6, 6.07) is 12.0. The summed E-state index contributed by atoms with van der Waals surface area (Å²) in [5.74, 6) is -0.0550. The van der Waals surface area contributed by atoms with E-state index in [0.717, 1.165) is 17.7 Å². The molecule has 3 rings (SSSR count). The van der Waals surface area contributed by atoms with Gasteiger partial charge in [-0.25, -0.2) is 0 Å². The van der Waals surface area contributed by atoms with E-state index in [9.17, 15) is 14.7 Å². The van der Waals surface area contributed by atoms with Crippen LogP contribution in [0.3, 0.4) is 0 Å². The first-order valence-electron chi connectivity index (χ1n) is 12.3. The highest BCUT2D eigenvalue weighted by molar-refractivity contribution is 6.46. The molecule has 0 aliphatic carbocycles. The van der Waals surface area contributed by atoms with E-state index in [1.54, 1.807) is 24.1 Å². The number of carbonyl (C=O) groups excluding carboxylic acids is 2. The molecule has 1 amide bonds. The van der Waals surface area contributed by atoms with Crippen LogP contribution in [0, 0.1) is 0 Å². The Morgan fingerprint density at radius 1 is 1.08 bits per heavy atom. The molecule has 194 valence electrons. The maximum Gasteiger partial charge on any atom is 0.295 e. The molecule has 1 aliphatic rings. The van der Waals surface area contributed by atoms with Gasteiger partial charge in [-0.15, -0.1) is 0 Å². The zero-order chi connectivity index (χ0) is 26.6. The van der Waals surface area contributed by atoms with E-state index in [2.05, 4.69) is 20.8 Å². The van der Waals surface area contributed by atoms with Crippen molar-refractivity contribution in [3.63, 3.8) is 0 Å². The lowest BCUT2D eigenvalue weighted by molar-refractivity contribution is -0.139. The second-order valence-electron chi connectivity index (χ2n) is 10.3. The maximum absolute atomic E-state index is 13.3. The number of hydrogen-bond donors (Lipinski definition) is 1. The molecule has 36 heavy (non-hydrogen) atoms. The van der Waals surface area contributed by atoms with Crippen LogP contribution in [0.1, 0.15) is 56.8 Å². The second-order valence-corrected chi connectivity index (χ2v) is 10.3.